The molecule has 0 fully saturated rings. The molecule has 3 heteroatoms. The Bertz CT molecular complexity index is 258. The number of hydrogen-bond donors (Lipinski definition) is 1. The summed E-state index contributed by atoms with van der Waals surface area (Å²) in [5.74, 6) is 0.781. The maximum Gasteiger partial charge on any atom is 0.134 e. The lowest BCUT2D eigenvalue weighted by Crippen LogP contribution is -2.02. The molecule has 0 aliphatic carbocycles. The molecule has 3 nitrogen and oxygen atoms in total. The Morgan fingerprint density at radius 1 is 1.20 bits per heavy atom. The number of hydrogen-bond acceptors (Lipinski definition) is 2. The number of aliphatic hydroxyl groups is 1. The van der Waals surface area contributed by atoms with Crippen molar-refractivity contribution in [1.82, 2.24) is 9.55 Å². The predicted molar refractivity (Wildman–Crippen MR) is 61.5 cm³/mol. The summed E-state index contributed by atoms with van der Waals surface area (Å²) < 4.78 is 2.04. The van der Waals surface area contributed by atoms with Gasteiger partial charge in [0.25, 0.3) is 0 Å². The van der Waals surface area contributed by atoms with Crippen molar-refractivity contribution in [2.24, 2.45) is 0 Å². The third kappa shape index (κ3) is 4.47. The highest BCUT2D eigenvalue weighted by Gasteiger charge is 1.99. The SMILES string of the molecule is CCCCCCCCn1ccnc1CO. The Balaban J connectivity index is 2.09. The fourth-order valence-corrected chi connectivity index (χ4v) is 1.76. The molecule has 0 amide bonds. The second-order valence-corrected chi connectivity index (χ2v) is 3.96. The standard InChI is InChI=1S/C12H22N2O/c1-2-3-4-5-6-7-9-14-10-8-13-12(14)11-15/h8,10,15H,2-7,9,11H2,1H3. The van der Waals surface area contributed by atoms with E-state index in [1.165, 1.54) is 38.5 Å². The van der Waals surface area contributed by atoms with Crippen molar-refractivity contribution in [1.29, 1.82) is 0 Å². The fourth-order valence-electron chi connectivity index (χ4n) is 1.76. The molecular weight excluding hydrogens is 188 g/mol. The first-order chi connectivity index (χ1) is 7.38. The number of aryl methyl sites for hydroxylation is 1. The summed E-state index contributed by atoms with van der Waals surface area (Å²) in [7, 11) is 0. The van der Waals surface area contributed by atoms with Gasteiger partial charge in [-0.25, -0.2) is 4.98 Å². The van der Waals surface area contributed by atoms with Crippen LogP contribution in [0.5, 0.6) is 0 Å². The molecule has 0 radical (unpaired) electrons. The van der Waals surface area contributed by atoms with Crippen LogP contribution in [-0.2, 0) is 13.2 Å². The molecule has 0 aliphatic rings. The molecule has 1 aromatic rings. The molecule has 0 spiro atoms. The van der Waals surface area contributed by atoms with E-state index in [0.29, 0.717) is 0 Å². The highest BCUT2D eigenvalue weighted by molar-refractivity contribution is 4.89. The maximum absolute atomic E-state index is 9.00. The smallest absolute Gasteiger partial charge is 0.134 e. The van der Waals surface area contributed by atoms with Crippen LogP contribution in [0.1, 0.15) is 51.3 Å². The summed E-state index contributed by atoms with van der Waals surface area (Å²) in [6, 6.07) is 0. The van der Waals surface area contributed by atoms with Crippen LogP contribution in [0.2, 0.25) is 0 Å². The highest BCUT2D eigenvalue weighted by Crippen LogP contribution is 2.07. The van der Waals surface area contributed by atoms with Gasteiger partial charge < -0.3 is 9.67 Å². The first-order valence-corrected chi connectivity index (χ1v) is 5.99. The Labute approximate surface area is 92.1 Å². The van der Waals surface area contributed by atoms with Crippen molar-refractivity contribution in [2.45, 2.75) is 58.6 Å². The second-order valence-electron chi connectivity index (χ2n) is 3.96. The molecule has 1 rings (SSSR count). The van der Waals surface area contributed by atoms with Crippen LogP contribution in [0.15, 0.2) is 12.4 Å². The van der Waals surface area contributed by atoms with Crippen molar-refractivity contribution in [3.63, 3.8) is 0 Å². The van der Waals surface area contributed by atoms with Crippen LogP contribution < -0.4 is 0 Å². The lowest BCUT2D eigenvalue weighted by molar-refractivity contribution is 0.264. The van der Waals surface area contributed by atoms with Gasteiger partial charge in [0.2, 0.25) is 0 Å². The number of aliphatic hydroxyl groups excluding tert-OH is 1. The van der Waals surface area contributed by atoms with Gasteiger partial charge in [-0.05, 0) is 6.42 Å². The molecule has 1 heterocycles. The molecule has 0 atom stereocenters. The summed E-state index contributed by atoms with van der Waals surface area (Å²) in [4.78, 5) is 4.08. The van der Waals surface area contributed by atoms with E-state index in [-0.39, 0.29) is 6.61 Å². The van der Waals surface area contributed by atoms with E-state index in [1.54, 1.807) is 6.20 Å². The Morgan fingerprint density at radius 3 is 2.67 bits per heavy atom. The summed E-state index contributed by atoms with van der Waals surface area (Å²) in [5.41, 5.74) is 0. The molecule has 0 bridgehead atoms. The summed E-state index contributed by atoms with van der Waals surface area (Å²) in [6.45, 7) is 3.27. The van der Waals surface area contributed by atoms with Gasteiger partial charge in [-0.2, -0.15) is 0 Å². The van der Waals surface area contributed by atoms with Crippen molar-refractivity contribution >= 4 is 0 Å². The van der Waals surface area contributed by atoms with Crippen LogP contribution >= 0.6 is 0 Å². The minimum Gasteiger partial charge on any atom is -0.388 e. The average Bonchev–Trinajstić information content (AvgIpc) is 2.70. The van der Waals surface area contributed by atoms with Crippen molar-refractivity contribution in [3.05, 3.63) is 18.2 Å². The lowest BCUT2D eigenvalue weighted by Gasteiger charge is -2.05. The van der Waals surface area contributed by atoms with Gasteiger partial charge in [-0.1, -0.05) is 39.0 Å². The van der Waals surface area contributed by atoms with Crippen LogP contribution in [0.4, 0.5) is 0 Å². The molecule has 0 aliphatic heterocycles. The van der Waals surface area contributed by atoms with E-state index in [4.69, 9.17) is 5.11 Å². The van der Waals surface area contributed by atoms with Gasteiger partial charge in [0.05, 0.1) is 0 Å². The van der Waals surface area contributed by atoms with E-state index in [1.807, 2.05) is 10.8 Å². The summed E-state index contributed by atoms with van der Waals surface area (Å²) in [5, 5.41) is 9.00. The molecule has 15 heavy (non-hydrogen) atoms. The van der Waals surface area contributed by atoms with E-state index >= 15 is 0 Å². The molecule has 0 unspecified atom stereocenters. The molecule has 0 saturated heterocycles. The highest BCUT2D eigenvalue weighted by atomic mass is 16.3. The van der Waals surface area contributed by atoms with Gasteiger partial charge in [0.1, 0.15) is 12.4 Å². The van der Waals surface area contributed by atoms with Crippen LogP contribution in [-0.4, -0.2) is 14.7 Å². The van der Waals surface area contributed by atoms with E-state index in [0.717, 1.165) is 12.4 Å². The van der Waals surface area contributed by atoms with Gasteiger partial charge >= 0.3 is 0 Å². The predicted octanol–water partition coefficient (Wildman–Crippen LogP) is 2.74. The normalized spacial score (nSPS) is 10.8. The lowest BCUT2D eigenvalue weighted by atomic mass is 10.1. The van der Waals surface area contributed by atoms with Crippen LogP contribution in [0.3, 0.4) is 0 Å². The molecular formula is C12H22N2O. The topological polar surface area (TPSA) is 38.0 Å². The Morgan fingerprint density at radius 2 is 1.93 bits per heavy atom. The minimum absolute atomic E-state index is 0.0445. The first-order valence-electron chi connectivity index (χ1n) is 5.99. The van der Waals surface area contributed by atoms with Crippen molar-refractivity contribution < 1.29 is 5.11 Å². The van der Waals surface area contributed by atoms with Gasteiger partial charge in [-0.3, -0.25) is 0 Å². The largest absolute Gasteiger partial charge is 0.388 e. The third-order valence-corrected chi connectivity index (χ3v) is 2.70. The zero-order valence-corrected chi connectivity index (χ0v) is 9.65. The van der Waals surface area contributed by atoms with Gasteiger partial charge in [0, 0.05) is 18.9 Å². The zero-order chi connectivity index (χ0) is 10.9. The van der Waals surface area contributed by atoms with Crippen molar-refractivity contribution in [2.75, 3.05) is 0 Å². The average molecular weight is 210 g/mol. The van der Waals surface area contributed by atoms with E-state index < -0.39 is 0 Å². The van der Waals surface area contributed by atoms with Crippen LogP contribution in [0, 0.1) is 0 Å². The van der Waals surface area contributed by atoms with Crippen LogP contribution in [0.25, 0.3) is 0 Å². The second kappa shape index (κ2) is 7.46. The number of aromatic nitrogens is 2. The quantitative estimate of drug-likeness (QED) is 0.670. The van der Waals surface area contributed by atoms with Gasteiger partial charge in [-0.15, -0.1) is 0 Å². The molecule has 1 N–H and O–H groups in total. The zero-order valence-electron chi connectivity index (χ0n) is 9.65. The fraction of sp³-hybridized carbons (Fsp3) is 0.750. The number of rotatable bonds is 8. The van der Waals surface area contributed by atoms with Gasteiger partial charge in [0.15, 0.2) is 0 Å². The first kappa shape index (κ1) is 12.2. The number of nitrogens with zero attached hydrogens (tertiary/aromatic N) is 2. The molecule has 0 aromatic carbocycles. The summed E-state index contributed by atoms with van der Waals surface area (Å²) >= 11 is 0. The Hall–Kier alpha value is -0.830. The number of unbranched alkanes of at least 4 members (excludes halogenated alkanes) is 5. The monoisotopic (exact) mass is 210 g/mol. The third-order valence-electron chi connectivity index (χ3n) is 2.70. The minimum atomic E-state index is 0.0445. The summed E-state index contributed by atoms with van der Waals surface area (Å²) in [6.07, 6.45) is 11.5. The molecule has 86 valence electrons. The van der Waals surface area contributed by atoms with E-state index in [2.05, 4.69) is 11.9 Å². The maximum atomic E-state index is 9.00. The molecule has 0 saturated carbocycles. The van der Waals surface area contributed by atoms with Crippen molar-refractivity contribution in [3.8, 4) is 0 Å². The molecule has 1 aromatic heterocycles. The van der Waals surface area contributed by atoms with E-state index in [9.17, 15) is 0 Å². The Kier molecular flexibility index (Phi) is 6.09. The number of imidazole rings is 1.